The van der Waals surface area contributed by atoms with E-state index in [1.807, 2.05) is 26.8 Å². The van der Waals surface area contributed by atoms with Crippen LogP contribution in [0.15, 0.2) is 40.5 Å². The average Bonchev–Trinajstić information content (AvgIpc) is 2.20. The molecule has 0 saturated heterocycles. The van der Waals surface area contributed by atoms with E-state index < -0.39 is 0 Å². The van der Waals surface area contributed by atoms with E-state index >= 15 is 0 Å². The second-order valence-electron chi connectivity index (χ2n) is 3.02. The molecule has 0 amide bonds. The summed E-state index contributed by atoms with van der Waals surface area (Å²) in [5.41, 5.74) is 1.93. The molecule has 1 nitrogen and oxygen atoms in total. The number of hydrogen-bond donors (Lipinski definition) is 0. The molecule has 0 fully saturated rings. The SMILES string of the molecule is C=C.C=N/C(C)=C(/Cl)C=C(C)C.CCC. The molecule has 0 saturated carbocycles. The Morgan fingerprint density at radius 3 is 1.73 bits per heavy atom. The van der Waals surface area contributed by atoms with Crippen LogP contribution in [0.4, 0.5) is 0 Å². The number of hydrogen-bond acceptors (Lipinski definition) is 1. The molecule has 0 aliphatic heterocycles. The predicted octanol–water partition coefficient (Wildman–Crippen LogP) is 5.34. The van der Waals surface area contributed by atoms with Crippen LogP contribution in [0.25, 0.3) is 0 Å². The van der Waals surface area contributed by atoms with Gasteiger partial charge in [-0.3, -0.25) is 4.99 Å². The van der Waals surface area contributed by atoms with Crippen LogP contribution in [0.1, 0.15) is 41.0 Å². The van der Waals surface area contributed by atoms with Gasteiger partial charge in [0.2, 0.25) is 0 Å². The minimum atomic E-state index is 0.662. The molecule has 0 spiro atoms. The van der Waals surface area contributed by atoms with Crippen LogP contribution in [0.2, 0.25) is 0 Å². The van der Waals surface area contributed by atoms with Gasteiger partial charge in [-0.2, -0.15) is 0 Å². The molecule has 0 N–H and O–H groups in total. The van der Waals surface area contributed by atoms with Gasteiger partial charge >= 0.3 is 0 Å². The standard InChI is InChI=1S/C8H12ClN.C3H8.C2H4/c1-6(2)5-8(9)7(3)10-4;1-3-2;1-2/h5H,4H2,1-3H3;3H2,1-2H3;1-2H2/b8-7+;;. The molecule has 0 aliphatic carbocycles. The Balaban J connectivity index is -0.000000245. The highest BCUT2D eigenvalue weighted by molar-refractivity contribution is 6.31. The minimum absolute atomic E-state index is 0.662. The first-order valence-corrected chi connectivity index (χ1v) is 5.35. The van der Waals surface area contributed by atoms with Crippen molar-refractivity contribution in [2.75, 3.05) is 0 Å². The molecule has 0 aromatic heterocycles. The summed E-state index contributed by atoms with van der Waals surface area (Å²) in [5, 5.41) is 0.662. The second-order valence-corrected chi connectivity index (χ2v) is 3.43. The largest absolute Gasteiger partial charge is 0.268 e. The van der Waals surface area contributed by atoms with Crippen LogP contribution < -0.4 is 0 Å². The average molecular weight is 230 g/mol. The normalized spacial score (nSPS) is 9.47. The molecule has 0 bridgehead atoms. The lowest BCUT2D eigenvalue weighted by atomic mass is 10.3. The predicted molar refractivity (Wildman–Crippen MR) is 74.8 cm³/mol. The van der Waals surface area contributed by atoms with Crippen molar-refractivity contribution in [2.24, 2.45) is 4.99 Å². The highest BCUT2D eigenvalue weighted by atomic mass is 35.5. The lowest BCUT2D eigenvalue weighted by molar-refractivity contribution is 1.09. The molecule has 0 heterocycles. The fourth-order valence-corrected chi connectivity index (χ4v) is 0.711. The highest BCUT2D eigenvalue weighted by Gasteiger charge is 1.90. The van der Waals surface area contributed by atoms with Crippen molar-refractivity contribution < 1.29 is 0 Å². The van der Waals surface area contributed by atoms with Gasteiger partial charge in [0.1, 0.15) is 0 Å². The van der Waals surface area contributed by atoms with E-state index in [0.29, 0.717) is 5.03 Å². The van der Waals surface area contributed by atoms with Gasteiger partial charge < -0.3 is 0 Å². The van der Waals surface area contributed by atoms with Crippen LogP contribution in [-0.2, 0) is 0 Å². The van der Waals surface area contributed by atoms with Crippen molar-refractivity contribution in [3.63, 3.8) is 0 Å². The van der Waals surface area contributed by atoms with E-state index in [9.17, 15) is 0 Å². The van der Waals surface area contributed by atoms with Gasteiger partial charge in [-0.05, 0) is 33.6 Å². The summed E-state index contributed by atoms with van der Waals surface area (Å²) < 4.78 is 0. The molecular weight excluding hydrogens is 206 g/mol. The smallest absolute Gasteiger partial charge is 0.0617 e. The van der Waals surface area contributed by atoms with E-state index in [1.54, 1.807) is 0 Å². The zero-order valence-corrected chi connectivity index (χ0v) is 11.5. The third kappa shape index (κ3) is 19.5. The Morgan fingerprint density at radius 2 is 1.53 bits per heavy atom. The zero-order valence-electron chi connectivity index (χ0n) is 10.7. The van der Waals surface area contributed by atoms with Crippen LogP contribution in [-0.4, -0.2) is 6.72 Å². The Morgan fingerprint density at radius 1 is 1.20 bits per heavy atom. The summed E-state index contributed by atoms with van der Waals surface area (Å²) >= 11 is 5.80. The monoisotopic (exact) mass is 229 g/mol. The maximum Gasteiger partial charge on any atom is 0.0617 e. The van der Waals surface area contributed by atoms with Gasteiger partial charge in [-0.15, -0.1) is 13.2 Å². The highest BCUT2D eigenvalue weighted by Crippen LogP contribution is 2.12. The molecule has 15 heavy (non-hydrogen) atoms. The van der Waals surface area contributed by atoms with Gasteiger partial charge in [0.25, 0.3) is 0 Å². The number of allylic oxidation sites excluding steroid dienone is 4. The second kappa shape index (κ2) is 15.6. The number of aliphatic imine (C=N–C) groups is 1. The van der Waals surface area contributed by atoms with Crippen LogP contribution in [0, 0.1) is 0 Å². The van der Waals surface area contributed by atoms with Crippen molar-refractivity contribution in [1.82, 2.24) is 0 Å². The van der Waals surface area contributed by atoms with Gasteiger partial charge in [-0.1, -0.05) is 37.4 Å². The minimum Gasteiger partial charge on any atom is -0.268 e. The molecule has 0 aliphatic rings. The van der Waals surface area contributed by atoms with Gasteiger partial charge in [-0.25, -0.2) is 0 Å². The quantitative estimate of drug-likeness (QED) is 0.344. The van der Waals surface area contributed by atoms with Crippen molar-refractivity contribution in [3.05, 3.63) is 35.5 Å². The van der Waals surface area contributed by atoms with Crippen LogP contribution in [0.3, 0.4) is 0 Å². The summed E-state index contributed by atoms with van der Waals surface area (Å²) in [7, 11) is 0. The maximum absolute atomic E-state index is 5.80. The van der Waals surface area contributed by atoms with E-state index in [2.05, 4.69) is 38.7 Å². The first-order chi connectivity index (χ1) is 6.99. The summed E-state index contributed by atoms with van der Waals surface area (Å²) in [6, 6.07) is 0. The van der Waals surface area contributed by atoms with Crippen molar-refractivity contribution in [2.45, 2.75) is 41.0 Å². The lowest BCUT2D eigenvalue weighted by Crippen LogP contribution is -1.73. The molecule has 2 heteroatoms. The summed E-state index contributed by atoms with van der Waals surface area (Å²) in [6.07, 6.45) is 3.12. The number of halogens is 1. The summed E-state index contributed by atoms with van der Waals surface area (Å²) in [6.45, 7) is 19.4. The Hall–Kier alpha value is -0.820. The number of nitrogens with zero attached hydrogens (tertiary/aromatic N) is 1. The third-order valence-electron chi connectivity index (χ3n) is 0.998. The maximum atomic E-state index is 5.80. The van der Waals surface area contributed by atoms with Crippen molar-refractivity contribution in [1.29, 1.82) is 0 Å². The van der Waals surface area contributed by atoms with Gasteiger partial charge in [0.15, 0.2) is 0 Å². The molecule has 88 valence electrons. The third-order valence-corrected chi connectivity index (χ3v) is 1.38. The van der Waals surface area contributed by atoms with Crippen molar-refractivity contribution >= 4 is 18.3 Å². The fourth-order valence-electron chi connectivity index (χ4n) is 0.433. The molecule has 0 aromatic carbocycles. The summed E-state index contributed by atoms with van der Waals surface area (Å²) in [5.74, 6) is 0. The zero-order chi connectivity index (χ0) is 12.9. The van der Waals surface area contributed by atoms with Crippen LogP contribution in [0.5, 0.6) is 0 Å². The van der Waals surface area contributed by atoms with E-state index in [4.69, 9.17) is 11.6 Å². The lowest BCUT2D eigenvalue weighted by Gasteiger charge is -1.93. The Bertz CT molecular complexity index is 211. The van der Waals surface area contributed by atoms with E-state index in [0.717, 1.165) is 11.3 Å². The molecule has 0 radical (unpaired) electrons. The summed E-state index contributed by atoms with van der Waals surface area (Å²) in [4.78, 5) is 3.69. The van der Waals surface area contributed by atoms with Gasteiger partial charge in [0, 0.05) is 0 Å². The topological polar surface area (TPSA) is 12.4 Å². The van der Waals surface area contributed by atoms with Crippen LogP contribution >= 0.6 is 11.6 Å². The fraction of sp³-hybridized carbons (Fsp3) is 0.462. The molecule has 0 aromatic rings. The molecular formula is C13H24ClN. The number of rotatable bonds is 2. The first-order valence-electron chi connectivity index (χ1n) is 4.97. The molecule has 0 unspecified atom stereocenters. The van der Waals surface area contributed by atoms with Gasteiger partial charge in [0.05, 0.1) is 10.7 Å². The Labute approximate surface area is 100 Å². The molecule has 0 rings (SSSR count). The molecule has 0 atom stereocenters. The van der Waals surface area contributed by atoms with Crippen molar-refractivity contribution in [3.8, 4) is 0 Å². The Kier molecular flexibility index (Phi) is 20.6. The first kappa shape index (κ1) is 19.7. The van der Waals surface area contributed by atoms with E-state index in [1.165, 1.54) is 6.42 Å². The van der Waals surface area contributed by atoms with E-state index in [-0.39, 0.29) is 0 Å².